The molecule has 158 valence electrons. The van der Waals surface area contributed by atoms with Crippen molar-refractivity contribution in [2.45, 2.75) is 32.0 Å². The number of hydrogen-bond acceptors (Lipinski definition) is 6. The molecule has 0 bridgehead atoms. The molecule has 0 radical (unpaired) electrons. The highest BCUT2D eigenvalue weighted by Crippen LogP contribution is 2.31. The lowest BCUT2D eigenvalue weighted by Gasteiger charge is -2.12. The second-order valence-corrected chi connectivity index (χ2v) is 7.37. The zero-order chi connectivity index (χ0) is 21.3. The van der Waals surface area contributed by atoms with Crippen molar-refractivity contribution in [3.8, 4) is 22.9 Å². The first kappa shape index (κ1) is 21.7. The zero-order valence-corrected chi connectivity index (χ0v) is 18.2. The van der Waals surface area contributed by atoms with E-state index in [-0.39, 0.29) is 11.7 Å². The van der Waals surface area contributed by atoms with E-state index in [1.807, 2.05) is 66.9 Å². The SMILES string of the molecule is CCCOc1ccccc1NC(=O)CSc1nnc(-c2ccccc2OC)n1CC. The normalized spacial score (nSPS) is 10.6. The lowest BCUT2D eigenvalue weighted by molar-refractivity contribution is -0.113. The molecule has 0 aliphatic carbocycles. The molecule has 7 nitrogen and oxygen atoms in total. The number of anilines is 1. The average molecular weight is 427 g/mol. The Balaban J connectivity index is 1.70. The summed E-state index contributed by atoms with van der Waals surface area (Å²) in [6.45, 7) is 5.35. The summed E-state index contributed by atoms with van der Waals surface area (Å²) in [5, 5.41) is 12.2. The summed E-state index contributed by atoms with van der Waals surface area (Å²) in [4.78, 5) is 12.5. The summed E-state index contributed by atoms with van der Waals surface area (Å²) < 4.78 is 13.1. The number of nitrogens with one attached hydrogen (secondary N) is 1. The molecule has 1 amide bonds. The second-order valence-electron chi connectivity index (χ2n) is 6.43. The number of benzene rings is 2. The smallest absolute Gasteiger partial charge is 0.234 e. The minimum absolute atomic E-state index is 0.128. The molecule has 0 unspecified atom stereocenters. The Hall–Kier alpha value is -3.00. The van der Waals surface area contributed by atoms with E-state index >= 15 is 0 Å². The number of hydrogen-bond donors (Lipinski definition) is 1. The van der Waals surface area contributed by atoms with Crippen LogP contribution in [0.5, 0.6) is 11.5 Å². The lowest BCUT2D eigenvalue weighted by Crippen LogP contribution is -2.15. The molecule has 0 aliphatic heterocycles. The van der Waals surface area contributed by atoms with Crippen LogP contribution in [-0.4, -0.2) is 40.1 Å². The van der Waals surface area contributed by atoms with Crippen LogP contribution in [0.25, 0.3) is 11.4 Å². The molecular formula is C22H26N4O3S. The van der Waals surface area contributed by atoms with Crippen molar-refractivity contribution in [3.63, 3.8) is 0 Å². The Morgan fingerprint density at radius 3 is 2.53 bits per heavy atom. The van der Waals surface area contributed by atoms with Crippen molar-refractivity contribution in [2.75, 3.05) is 24.8 Å². The Kier molecular flexibility index (Phi) is 7.73. The number of aromatic nitrogens is 3. The van der Waals surface area contributed by atoms with Gasteiger partial charge in [0.2, 0.25) is 5.91 Å². The van der Waals surface area contributed by atoms with Crippen molar-refractivity contribution in [1.29, 1.82) is 0 Å². The van der Waals surface area contributed by atoms with E-state index in [9.17, 15) is 4.79 Å². The molecule has 0 fully saturated rings. The summed E-state index contributed by atoms with van der Waals surface area (Å²) in [6, 6.07) is 15.1. The van der Waals surface area contributed by atoms with E-state index in [0.29, 0.717) is 29.7 Å². The van der Waals surface area contributed by atoms with Crippen LogP contribution in [0.4, 0.5) is 5.69 Å². The molecule has 2 aromatic carbocycles. The molecular weight excluding hydrogens is 400 g/mol. The summed E-state index contributed by atoms with van der Waals surface area (Å²) in [7, 11) is 1.63. The molecule has 0 spiro atoms. The van der Waals surface area contributed by atoms with Gasteiger partial charge in [-0.05, 0) is 37.6 Å². The highest BCUT2D eigenvalue weighted by Gasteiger charge is 2.17. The number of thioether (sulfide) groups is 1. The first-order valence-electron chi connectivity index (χ1n) is 9.89. The van der Waals surface area contributed by atoms with Gasteiger partial charge in [0.25, 0.3) is 0 Å². The molecule has 0 aliphatic rings. The van der Waals surface area contributed by atoms with E-state index in [4.69, 9.17) is 9.47 Å². The molecule has 1 N–H and O–H groups in total. The van der Waals surface area contributed by atoms with Crippen LogP contribution in [-0.2, 0) is 11.3 Å². The Morgan fingerprint density at radius 1 is 1.07 bits per heavy atom. The fourth-order valence-electron chi connectivity index (χ4n) is 2.93. The van der Waals surface area contributed by atoms with Crippen LogP contribution in [0.2, 0.25) is 0 Å². The Labute approximate surface area is 180 Å². The largest absolute Gasteiger partial charge is 0.496 e. The number of carbonyl (C=O) groups is 1. The predicted octanol–water partition coefficient (Wildman–Crippen LogP) is 4.49. The molecule has 30 heavy (non-hydrogen) atoms. The van der Waals surface area contributed by atoms with Crippen molar-refractivity contribution in [2.24, 2.45) is 0 Å². The summed E-state index contributed by atoms with van der Waals surface area (Å²) in [6.07, 6.45) is 0.902. The van der Waals surface area contributed by atoms with Crippen LogP contribution in [0, 0.1) is 0 Å². The van der Waals surface area contributed by atoms with Crippen LogP contribution in [0.15, 0.2) is 53.7 Å². The number of ether oxygens (including phenoxy) is 2. The standard InChI is InChI=1S/C22H26N4O3S/c1-4-14-29-19-13-9-7-11-17(19)23-20(27)15-30-22-25-24-21(26(22)5-2)16-10-6-8-12-18(16)28-3/h6-13H,4-5,14-15H2,1-3H3,(H,23,27). The number of methoxy groups -OCH3 is 1. The van der Waals surface area contributed by atoms with Crippen molar-refractivity contribution >= 4 is 23.4 Å². The number of carbonyl (C=O) groups excluding carboxylic acids is 1. The van der Waals surface area contributed by atoms with Crippen LogP contribution in [0.3, 0.4) is 0 Å². The Bertz CT molecular complexity index is 990. The Morgan fingerprint density at radius 2 is 1.80 bits per heavy atom. The lowest BCUT2D eigenvalue weighted by atomic mass is 10.2. The maximum absolute atomic E-state index is 12.5. The van der Waals surface area contributed by atoms with Gasteiger partial charge in [-0.25, -0.2) is 0 Å². The second kappa shape index (κ2) is 10.7. The van der Waals surface area contributed by atoms with Gasteiger partial charge in [-0.2, -0.15) is 0 Å². The van der Waals surface area contributed by atoms with Crippen LogP contribution in [0.1, 0.15) is 20.3 Å². The van der Waals surface area contributed by atoms with E-state index in [0.717, 1.165) is 23.6 Å². The van der Waals surface area contributed by atoms with Gasteiger partial charge in [0.05, 0.1) is 30.7 Å². The van der Waals surface area contributed by atoms with Gasteiger partial charge in [0, 0.05) is 6.54 Å². The average Bonchev–Trinajstić information content (AvgIpc) is 3.19. The van der Waals surface area contributed by atoms with E-state index in [2.05, 4.69) is 15.5 Å². The maximum atomic E-state index is 12.5. The van der Waals surface area contributed by atoms with Crippen LogP contribution < -0.4 is 14.8 Å². The molecule has 0 saturated heterocycles. The maximum Gasteiger partial charge on any atom is 0.234 e. The highest BCUT2D eigenvalue weighted by molar-refractivity contribution is 7.99. The third kappa shape index (κ3) is 5.13. The minimum Gasteiger partial charge on any atom is -0.496 e. The number of rotatable bonds is 10. The van der Waals surface area contributed by atoms with Gasteiger partial charge in [-0.15, -0.1) is 10.2 Å². The molecule has 3 rings (SSSR count). The fourth-order valence-corrected chi connectivity index (χ4v) is 3.74. The number of nitrogens with zero attached hydrogens (tertiary/aromatic N) is 3. The fraction of sp³-hybridized carbons (Fsp3) is 0.318. The molecule has 1 aromatic heterocycles. The minimum atomic E-state index is -0.128. The number of amides is 1. The summed E-state index contributed by atoms with van der Waals surface area (Å²) in [5.74, 6) is 2.21. The number of para-hydroxylation sites is 3. The third-order valence-corrected chi connectivity index (χ3v) is 5.30. The van der Waals surface area contributed by atoms with Gasteiger partial charge in [0.15, 0.2) is 11.0 Å². The molecule has 0 saturated carbocycles. The first-order chi connectivity index (χ1) is 14.7. The molecule has 3 aromatic rings. The van der Waals surface area contributed by atoms with Gasteiger partial charge in [-0.1, -0.05) is 43.0 Å². The molecule has 0 atom stereocenters. The van der Waals surface area contributed by atoms with E-state index in [1.165, 1.54) is 11.8 Å². The third-order valence-electron chi connectivity index (χ3n) is 4.34. The van der Waals surface area contributed by atoms with Gasteiger partial charge in [0.1, 0.15) is 11.5 Å². The van der Waals surface area contributed by atoms with E-state index < -0.39 is 0 Å². The van der Waals surface area contributed by atoms with Crippen molar-refractivity contribution in [3.05, 3.63) is 48.5 Å². The van der Waals surface area contributed by atoms with Gasteiger partial charge >= 0.3 is 0 Å². The first-order valence-corrected chi connectivity index (χ1v) is 10.9. The van der Waals surface area contributed by atoms with Gasteiger partial charge in [-0.3, -0.25) is 4.79 Å². The van der Waals surface area contributed by atoms with E-state index in [1.54, 1.807) is 7.11 Å². The van der Waals surface area contributed by atoms with Crippen molar-refractivity contribution in [1.82, 2.24) is 14.8 Å². The van der Waals surface area contributed by atoms with Gasteiger partial charge < -0.3 is 19.4 Å². The summed E-state index contributed by atoms with van der Waals surface area (Å²) >= 11 is 1.35. The summed E-state index contributed by atoms with van der Waals surface area (Å²) in [5.41, 5.74) is 1.54. The predicted molar refractivity (Wildman–Crippen MR) is 119 cm³/mol. The topological polar surface area (TPSA) is 78.3 Å². The zero-order valence-electron chi connectivity index (χ0n) is 17.4. The quantitative estimate of drug-likeness (QED) is 0.481. The molecule has 1 heterocycles. The van der Waals surface area contributed by atoms with Crippen LogP contribution >= 0.6 is 11.8 Å². The van der Waals surface area contributed by atoms with Crippen molar-refractivity contribution < 1.29 is 14.3 Å². The highest BCUT2D eigenvalue weighted by atomic mass is 32.2. The monoisotopic (exact) mass is 426 g/mol. The molecule has 8 heteroatoms.